The van der Waals surface area contributed by atoms with Crippen LogP contribution in [0.5, 0.6) is 0 Å². The number of halogens is 1. The zero-order chi connectivity index (χ0) is 11.5. The van der Waals surface area contributed by atoms with Crippen LogP contribution in [0.4, 0.5) is 0 Å². The predicted octanol–water partition coefficient (Wildman–Crippen LogP) is 1.10. The predicted molar refractivity (Wildman–Crippen MR) is 62.0 cm³/mol. The van der Waals surface area contributed by atoms with Crippen molar-refractivity contribution in [1.29, 1.82) is 0 Å². The van der Waals surface area contributed by atoms with Gasteiger partial charge in [-0.2, -0.15) is 5.10 Å². The van der Waals surface area contributed by atoms with Gasteiger partial charge >= 0.3 is 0 Å². The highest BCUT2D eigenvalue weighted by molar-refractivity contribution is 6.29. The molecule has 0 spiro atoms. The van der Waals surface area contributed by atoms with E-state index in [9.17, 15) is 0 Å². The smallest absolute Gasteiger partial charge is 0.128 e. The van der Waals surface area contributed by atoms with Crippen molar-refractivity contribution in [2.75, 3.05) is 0 Å². The maximum absolute atomic E-state index is 5.89. The minimum absolute atomic E-state index is 0.650. The summed E-state index contributed by atoms with van der Waals surface area (Å²) in [7, 11) is 3.82. The van der Waals surface area contributed by atoms with Gasteiger partial charge in [-0.1, -0.05) is 11.6 Å². The molecule has 2 heterocycles. The Kier molecular flexibility index (Phi) is 3.26. The minimum atomic E-state index is 0.650. The van der Waals surface area contributed by atoms with Crippen molar-refractivity contribution in [3.8, 4) is 0 Å². The molecule has 0 fully saturated rings. The van der Waals surface area contributed by atoms with Gasteiger partial charge in [-0.15, -0.1) is 0 Å². The molecule has 0 aliphatic heterocycles. The maximum Gasteiger partial charge on any atom is 0.128 e. The molecule has 0 atom stereocenters. The van der Waals surface area contributed by atoms with E-state index in [2.05, 4.69) is 15.4 Å². The second-order valence-corrected chi connectivity index (χ2v) is 3.99. The molecule has 86 valence electrons. The number of rotatable bonds is 4. The first-order valence-electron chi connectivity index (χ1n) is 5.02. The molecule has 0 unspecified atom stereocenters. The van der Waals surface area contributed by atoms with Crippen LogP contribution in [0.15, 0.2) is 18.5 Å². The molecule has 2 aromatic heterocycles. The van der Waals surface area contributed by atoms with Crippen LogP contribution >= 0.6 is 11.6 Å². The average molecular weight is 240 g/mol. The monoisotopic (exact) mass is 239 g/mol. The fourth-order valence-corrected chi connectivity index (χ4v) is 1.61. The molecular weight excluding hydrogens is 226 g/mol. The first-order valence-corrected chi connectivity index (χ1v) is 5.40. The summed E-state index contributed by atoms with van der Waals surface area (Å²) in [5.41, 5.74) is 1.14. The lowest BCUT2D eigenvalue weighted by Gasteiger charge is -2.05. The second-order valence-electron chi connectivity index (χ2n) is 3.61. The molecule has 0 aromatic carbocycles. The molecule has 16 heavy (non-hydrogen) atoms. The summed E-state index contributed by atoms with van der Waals surface area (Å²) in [5.74, 6) is 0.923. The summed E-state index contributed by atoms with van der Waals surface area (Å²) in [6.07, 6.45) is 3.44. The van der Waals surface area contributed by atoms with Crippen molar-refractivity contribution in [2.45, 2.75) is 13.1 Å². The Morgan fingerprint density at radius 1 is 1.38 bits per heavy atom. The van der Waals surface area contributed by atoms with E-state index in [1.54, 1.807) is 12.4 Å². The van der Waals surface area contributed by atoms with Gasteiger partial charge in [0.15, 0.2) is 0 Å². The van der Waals surface area contributed by atoms with E-state index < -0.39 is 0 Å². The number of nitrogens with one attached hydrogen (secondary N) is 1. The number of hydrogen-bond donors (Lipinski definition) is 1. The molecule has 0 bridgehead atoms. The average Bonchev–Trinajstić information content (AvgIpc) is 2.80. The van der Waals surface area contributed by atoms with Gasteiger partial charge in [-0.3, -0.25) is 4.68 Å². The molecule has 0 aliphatic carbocycles. The van der Waals surface area contributed by atoms with Gasteiger partial charge in [0, 0.05) is 26.8 Å². The number of nitrogens with zero attached hydrogens (tertiary/aromatic N) is 4. The zero-order valence-electron chi connectivity index (χ0n) is 9.31. The van der Waals surface area contributed by atoms with E-state index in [1.807, 2.05) is 29.4 Å². The number of imidazole rings is 1. The van der Waals surface area contributed by atoms with Crippen molar-refractivity contribution in [1.82, 2.24) is 24.6 Å². The quantitative estimate of drug-likeness (QED) is 0.869. The lowest BCUT2D eigenvalue weighted by atomic mass is 10.4. The Hall–Kier alpha value is -1.33. The van der Waals surface area contributed by atoms with Crippen molar-refractivity contribution < 1.29 is 0 Å². The number of aryl methyl sites for hydroxylation is 1. The summed E-state index contributed by atoms with van der Waals surface area (Å²) in [5, 5.41) is 8.05. The topological polar surface area (TPSA) is 47.7 Å². The van der Waals surface area contributed by atoms with Crippen LogP contribution in [0, 0.1) is 0 Å². The molecule has 2 aromatic rings. The second kappa shape index (κ2) is 4.67. The third-order valence-corrected chi connectivity index (χ3v) is 2.89. The fraction of sp³-hybridized carbons (Fsp3) is 0.400. The van der Waals surface area contributed by atoms with Gasteiger partial charge in [0.2, 0.25) is 0 Å². The lowest BCUT2D eigenvalue weighted by molar-refractivity contribution is 0.599. The standard InChI is InChI=1S/C10H14ClN5/c1-15-9(11)6-13-10(15)7-12-5-8-3-4-14-16(8)2/h3-4,6,12H,5,7H2,1-2H3. The van der Waals surface area contributed by atoms with Gasteiger partial charge < -0.3 is 9.88 Å². The minimum Gasteiger partial charge on any atom is -0.321 e. The number of hydrogen-bond acceptors (Lipinski definition) is 3. The largest absolute Gasteiger partial charge is 0.321 e. The van der Waals surface area contributed by atoms with Gasteiger partial charge in [0.25, 0.3) is 0 Å². The zero-order valence-corrected chi connectivity index (χ0v) is 10.1. The Bertz CT molecular complexity index is 473. The van der Waals surface area contributed by atoms with Crippen LogP contribution < -0.4 is 5.32 Å². The molecule has 1 N–H and O–H groups in total. The van der Waals surface area contributed by atoms with E-state index in [1.165, 1.54) is 0 Å². The first kappa shape index (κ1) is 11.2. The molecule has 0 aliphatic rings. The van der Waals surface area contributed by atoms with Crippen LogP contribution in [0.3, 0.4) is 0 Å². The molecule has 0 radical (unpaired) electrons. The van der Waals surface area contributed by atoms with Crippen molar-refractivity contribution in [3.63, 3.8) is 0 Å². The molecule has 0 saturated heterocycles. The normalized spacial score (nSPS) is 10.9. The van der Waals surface area contributed by atoms with E-state index in [0.717, 1.165) is 18.1 Å². The highest BCUT2D eigenvalue weighted by Crippen LogP contribution is 2.08. The van der Waals surface area contributed by atoms with Crippen LogP contribution in [0.2, 0.25) is 5.15 Å². The van der Waals surface area contributed by atoms with Crippen LogP contribution in [-0.4, -0.2) is 19.3 Å². The summed E-state index contributed by atoms with van der Waals surface area (Å²) < 4.78 is 3.70. The van der Waals surface area contributed by atoms with Crippen molar-refractivity contribution in [2.24, 2.45) is 14.1 Å². The van der Waals surface area contributed by atoms with Crippen LogP contribution in [0.1, 0.15) is 11.5 Å². The highest BCUT2D eigenvalue weighted by atomic mass is 35.5. The third-order valence-electron chi connectivity index (χ3n) is 2.54. The van der Waals surface area contributed by atoms with Crippen molar-refractivity contribution in [3.05, 3.63) is 35.1 Å². The van der Waals surface area contributed by atoms with E-state index in [-0.39, 0.29) is 0 Å². The summed E-state index contributed by atoms with van der Waals surface area (Å²) >= 11 is 5.89. The SMILES string of the molecule is Cn1nccc1CNCc1ncc(Cl)n1C. The van der Waals surface area contributed by atoms with Gasteiger partial charge in [-0.25, -0.2) is 4.98 Å². The maximum atomic E-state index is 5.89. The van der Waals surface area contributed by atoms with E-state index in [0.29, 0.717) is 11.7 Å². The molecule has 0 saturated carbocycles. The first-order chi connectivity index (χ1) is 7.68. The molecule has 0 amide bonds. The highest BCUT2D eigenvalue weighted by Gasteiger charge is 2.04. The molecular formula is C10H14ClN5. The van der Waals surface area contributed by atoms with Gasteiger partial charge in [-0.05, 0) is 6.07 Å². The third kappa shape index (κ3) is 2.25. The Morgan fingerprint density at radius 3 is 2.75 bits per heavy atom. The van der Waals surface area contributed by atoms with Gasteiger partial charge in [0.1, 0.15) is 11.0 Å². The van der Waals surface area contributed by atoms with Gasteiger partial charge in [0.05, 0.1) is 18.4 Å². The summed E-state index contributed by atoms with van der Waals surface area (Å²) in [6.45, 7) is 1.45. The van der Waals surface area contributed by atoms with E-state index in [4.69, 9.17) is 11.6 Å². The molecule has 6 heteroatoms. The Labute approximate surface area is 99.0 Å². The lowest BCUT2D eigenvalue weighted by Crippen LogP contribution is -2.17. The van der Waals surface area contributed by atoms with Crippen molar-refractivity contribution >= 4 is 11.6 Å². The van der Waals surface area contributed by atoms with Crippen LogP contribution in [-0.2, 0) is 27.2 Å². The molecule has 2 rings (SSSR count). The Morgan fingerprint density at radius 2 is 2.19 bits per heavy atom. The Balaban J connectivity index is 1.89. The van der Waals surface area contributed by atoms with E-state index >= 15 is 0 Å². The summed E-state index contributed by atoms with van der Waals surface area (Å²) in [4.78, 5) is 4.20. The van der Waals surface area contributed by atoms with Crippen LogP contribution in [0.25, 0.3) is 0 Å². The molecule has 5 nitrogen and oxygen atoms in total. The fourth-order valence-electron chi connectivity index (χ4n) is 1.47. The number of aromatic nitrogens is 4. The summed E-state index contributed by atoms with van der Waals surface area (Å²) in [6, 6.07) is 1.98.